The second-order valence-corrected chi connectivity index (χ2v) is 4.27. The second kappa shape index (κ2) is 4.80. The lowest BCUT2D eigenvalue weighted by atomic mass is 10.2. The van der Waals surface area contributed by atoms with E-state index in [0.29, 0.717) is 17.3 Å². The number of likely N-dealkylation sites (tertiary alicyclic amines) is 1. The summed E-state index contributed by atoms with van der Waals surface area (Å²) in [4.78, 5) is 17.7. The second-order valence-electron chi connectivity index (χ2n) is 3.84. The number of aromatic nitrogens is 1. The lowest BCUT2D eigenvalue weighted by Gasteiger charge is -2.22. The third kappa shape index (κ3) is 2.18. The van der Waals surface area contributed by atoms with Crippen molar-refractivity contribution in [3.05, 3.63) is 29.0 Å². The van der Waals surface area contributed by atoms with Crippen LogP contribution in [0.1, 0.15) is 23.3 Å². The molecule has 0 bridgehead atoms. The molecule has 0 aromatic carbocycles. The van der Waals surface area contributed by atoms with Gasteiger partial charge >= 0.3 is 0 Å². The van der Waals surface area contributed by atoms with E-state index < -0.39 is 0 Å². The van der Waals surface area contributed by atoms with Gasteiger partial charge in [-0.3, -0.25) is 9.78 Å². The van der Waals surface area contributed by atoms with Gasteiger partial charge in [0.05, 0.1) is 12.6 Å². The normalized spacial score (nSPS) is 20.1. The fourth-order valence-electron chi connectivity index (χ4n) is 1.96. The van der Waals surface area contributed by atoms with Crippen LogP contribution < -0.4 is 0 Å². The minimum Gasteiger partial charge on any atom is -0.394 e. The zero-order chi connectivity index (χ0) is 11.5. The van der Waals surface area contributed by atoms with E-state index in [1.165, 1.54) is 6.20 Å². The Labute approximate surface area is 98.9 Å². The zero-order valence-corrected chi connectivity index (χ0v) is 9.52. The molecule has 5 heteroatoms. The van der Waals surface area contributed by atoms with Gasteiger partial charge in [-0.25, -0.2) is 0 Å². The molecule has 1 fully saturated rings. The highest BCUT2D eigenvalue weighted by Gasteiger charge is 2.29. The molecular weight excluding hydrogens is 228 g/mol. The summed E-state index contributed by atoms with van der Waals surface area (Å²) >= 11 is 5.81. The van der Waals surface area contributed by atoms with Crippen LogP contribution in [0.25, 0.3) is 0 Å². The summed E-state index contributed by atoms with van der Waals surface area (Å²) in [6.07, 6.45) is 3.29. The van der Waals surface area contributed by atoms with Crippen molar-refractivity contribution >= 4 is 17.5 Å². The van der Waals surface area contributed by atoms with Gasteiger partial charge in [0.1, 0.15) is 5.69 Å². The van der Waals surface area contributed by atoms with Crippen molar-refractivity contribution in [3.63, 3.8) is 0 Å². The van der Waals surface area contributed by atoms with Crippen molar-refractivity contribution < 1.29 is 9.90 Å². The molecule has 0 saturated carbocycles. The van der Waals surface area contributed by atoms with E-state index in [0.717, 1.165) is 12.8 Å². The summed E-state index contributed by atoms with van der Waals surface area (Å²) in [5, 5.41) is 9.64. The molecule has 1 atom stereocenters. The first-order valence-corrected chi connectivity index (χ1v) is 5.63. The average Bonchev–Trinajstić information content (AvgIpc) is 2.76. The molecule has 1 aliphatic rings. The number of aliphatic hydroxyl groups excluding tert-OH is 1. The quantitative estimate of drug-likeness (QED) is 0.849. The number of rotatable bonds is 2. The van der Waals surface area contributed by atoms with Crippen LogP contribution in [0.2, 0.25) is 5.02 Å². The maximum absolute atomic E-state index is 12.1. The monoisotopic (exact) mass is 240 g/mol. The van der Waals surface area contributed by atoms with Crippen molar-refractivity contribution in [1.82, 2.24) is 9.88 Å². The molecule has 1 aliphatic heterocycles. The number of halogens is 1. The van der Waals surface area contributed by atoms with Crippen LogP contribution in [0, 0.1) is 0 Å². The van der Waals surface area contributed by atoms with E-state index in [1.54, 1.807) is 17.0 Å². The molecule has 1 amide bonds. The minimum absolute atomic E-state index is 0.00626. The molecule has 1 aromatic heterocycles. The predicted molar refractivity (Wildman–Crippen MR) is 60.4 cm³/mol. The van der Waals surface area contributed by atoms with Crippen LogP contribution in [0.15, 0.2) is 18.3 Å². The Kier molecular flexibility index (Phi) is 3.41. The van der Waals surface area contributed by atoms with Crippen molar-refractivity contribution in [2.75, 3.05) is 13.2 Å². The van der Waals surface area contributed by atoms with E-state index in [-0.39, 0.29) is 18.6 Å². The summed E-state index contributed by atoms with van der Waals surface area (Å²) in [7, 11) is 0. The SMILES string of the molecule is O=C(c1cc(Cl)ccn1)N1CCC[C@@H]1CO. The maximum Gasteiger partial charge on any atom is 0.272 e. The van der Waals surface area contributed by atoms with Crippen LogP contribution in [-0.2, 0) is 0 Å². The number of amides is 1. The van der Waals surface area contributed by atoms with Gasteiger partial charge < -0.3 is 10.0 Å². The molecule has 4 nitrogen and oxygen atoms in total. The number of carbonyl (C=O) groups excluding carboxylic acids is 1. The molecular formula is C11H13ClN2O2. The molecule has 0 aliphatic carbocycles. The first-order chi connectivity index (χ1) is 7.72. The van der Waals surface area contributed by atoms with E-state index in [2.05, 4.69) is 4.98 Å². The van der Waals surface area contributed by atoms with Gasteiger partial charge in [0.2, 0.25) is 0 Å². The number of nitrogens with zero attached hydrogens (tertiary/aromatic N) is 2. The molecule has 0 spiro atoms. The Morgan fingerprint density at radius 3 is 3.19 bits per heavy atom. The number of hydrogen-bond acceptors (Lipinski definition) is 3. The minimum atomic E-state index is -0.154. The van der Waals surface area contributed by atoms with E-state index in [9.17, 15) is 4.79 Å². The lowest BCUT2D eigenvalue weighted by Crippen LogP contribution is -2.38. The number of pyridine rings is 1. The highest BCUT2D eigenvalue weighted by molar-refractivity contribution is 6.30. The Morgan fingerprint density at radius 2 is 2.50 bits per heavy atom. The lowest BCUT2D eigenvalue weighted by molar-refractivity contribution is 0.0672. The summed E-state index contributed by atoms with van der Waals surface area (Å²) in [5.41, 5.74) is 0.341. The first kappa shape index (κ1) is 11.4. The van der Waals surface area contributed by atoms with Crippen LogP contribution in [0.4, 0.5) is 0 Å². The fraction of sp³-hybridized carbons (Fsp3) is 0.455. The van der Waals surface area contributed by atoms with Crippen molar-refractivity contribution in [3.8, 4) is 0 Å². The van der Waals surface area contributed by atoms with E-state index >= 15 is 0 Å². The Morgan fingerprint density at radius 1 is 1.69 bits per heavy atom. The van der Waals surface area contributed by atoms with Crippen LogP contribution in [-0.4, -0.2) is 40.1 Å². The largest absolute Gasteiger partial charge is 0.394 e. The molecule has 16 heavy (non-hydrogen) atoms. The van der Waals surface area contributed by atoms with E-state index in [4.69, 9.17) is 16.7 Å². The van der Waals surface area contributed by atoms with E-state index in [1.807, 2.05) is 0 Å². The molecule has 1 N–H and O–H groups in total. The molecule has 2 rings (SSSR count). The zero-order valence-electron chi connectivity index (χ0n) is 8.77. The third-order valence-electron chi connectivity index (χ3n) is 2.79. The van der Waals surface area contributed by atoms with Gasteiger partial charge in [-0.2, -0.15) is 0 Å². The van der Waals surface area contributed by atoms with Crippen molar-refractivity contribution in [2.24, 2.45) is 0 Å². The average molecular weight is 241 g/mol. The van der Waals surface area contributed by atoms with Gasteiger partial charge in [-0.1, -0.05) is 11.6 Å². The molecule has 86 valence electrons. The number of carbonyl (C=O) groups is 1. The van der Waals surface area contributed by atoms with Gasteiger partial charge in [0.25, 0.3) is 5.91 Å². The number of aliphatic hydroxyl groups is 1. The molecule has 0 unspecified atom stereocenters. The van der Waals surface area contributed by atoms with Crippen LogP contribution in [0.3, 0.4) is 0 Å². The third-order valence-corrected chi connectivity index (χ3v) is 3.02. The van der Waals surface area contributed by atoms with Crippen LogP contribution in [0.5, 0.6) is 0 Å². The number of hydrogen-bond donors (Lipinski definition) is 1. The smallest absolute Gasteiger partial charge is 0.272 e. The first-order valence-electron chi connectivity index (χ1n) is 5.26. The molecule has 1 saturated heterocycles. The van der Waals surface area contributed by atoms with Gasteiger partial charge in [-0.15, -0.1) is 0 Å². The van der Waals surface area contributed by atoms with Crippen molar-refractivity contribution in [2.45, 2.75) is 18.9 Å². The Hall–Kier alpha value is -1.13. The van der Waals surface area contributed by atoms with Crippen LogP contribution >= 0.6 is 11.6 Å². The highest BCUT2D eigenvalue weighted by atomic mass is 35.5. The summed E-state index contributed by atoms with van der Waals surface area (Å²) in [6.45, 7) is 0.685. The maximum atomic E-state index is 12.1. The summed E-state index contributed by atoms with van der Waals surface area (Å²) < 4.78 is 0. The Balaban J connectivity index is 2.18. The summed E-state index contributed by atoms with van der Waals surface area (Å²) in [5.74, 6) is -0.154. The topological polar surface area (TPSA) is 53.4 Å². The van der Waals surface area contributed by atoms with Gasteiger partial charge in [-0.05, 0) is 25.0 Å². The molecule has 0 radical (unpaired) electrons. The Bertz CT molecular complexity index is 397. The highest BCUT2D eigenvalue weighted by Crippen LogP contribution is 2.19. The predicted octanol–water partition coefficient (Wildman–Crippen LogP) is 1.33. The van der Waals surface area contributed by atoms with Gasteiger partial charge in [0.15, 0.2) is 0 Å². The fourth-order valence-corrected chi connectivity index (χ4v) is 2.12. The molecule has 2 heterocycles. The summed E-state index contributed by atoms with van der Waals surface area (Å²) in [6, 6.07) is 3.11. The van der Waals surface area contributed by atoms with Crippen molar-refractivity contribution in [1.29, 1.82) is 0 Å². The molecule has 1 aromatic rings. The van der Waals surface area contributed by atoms with Gasteiger partial charge in [0, 0.05) is 17.8 Å². The standard InChI is InChI=1S/C11H13ClN2O2/c12-8-3-4-13-10(6-8)11(16)14-5-1-2-9(14)7-15/h3-4,6,9,15H,1-2,5,7H2/t9-/m1/s1.